The number of nitrogens with zero attached hydrogens (tertiary/aromatic N) is 3. The van der Waals surface area contributed by atoms with E-state index >= 15 is 0 Å². The smallest absolute Gasteiger partial charge is 0.231 e. The lowest BCUT2D eigenvalue weighted by Crippen LogP contribution is -2.20. The van der Waals surface area contributed by atoms with E-state index in [2.05, 4.69) is 15.0 Å². The molecule has 2 aliphatic heterocycles. The average Bonchev–Trinajstić information content (AvgIpc) is 3.48. The van der Waals surface area contributed by atoms with Gasteiger partial charge in [0.25, 0.3) is 0 Å². The Morgan fingerprint density at radius 3 is 2.93 bits per heavy atom. The zero-order valence-corrected chi connectivity index (χ0v) is 16.7. The second-order valence-corrected chi connectivity index (χ2v) is 7.61. The molecule has 0 radical (unpaired) electrons. The number of methoxy groups -OCH3 is 1. The molecule has 3 aromatic rings. The minimum absolute atomic E-state index is 0.203. The largest absolute Gasteiger partial charge is 0.497 e. The first-order valence-electron chi connectivity index (χ1n) is 9.48. The maximum atomic E-state index is 6.42. The molecule has 1 fully saturated rings. The first-order valence-corrected chi connectivity index (χ1v) is 9.86. The van der Waals surface area contributed by atoms with Crippen LogP contribution in [0.4, 0.5) is 0 Å². The van der Waals surface area contributed by atoms with Gasteiger partial charge in [-0.15, -0.1) is 0 Å². The molecule has 0 bridgehead atoms. The van der Waals surface area contributed by atoms with Gasteiger partial charge >= 0.3 is 0 Å². The van der Waals surface area contributed by atoms with E-state index in [0.29, 0.717) is 22.5 Å². The molecule has 0 aliphatic carbocycles. The molecule has 2 aromatic carbocycles. The minimum atomic E-state index is 0.203. The monoisotopic (exact) mass is 413 g/mol. The van der Waals surface area contributed by atoms with Crippen molar-refractivity contribution in [1.82, 2.24) is 15.0 Å². The fourth-order valence-electron chi connectivity index (χ4n) is 3.78. The number of fused-ring (bicyclic) bond motifs is 1. The van der Waals surface area contributed by atoms with E-state index in [4.69, 9.17) is 30.3 Å². The summed E-state index contributed by atoms with van der Waals surface area (Å²) in [5.41, 5.74) is 1.90. The third-order valence-corrected chi connectivity index (χ3v) is 5.68. The summed E-state index contributed by atoms with van der Waals surface area (Å²) in [6.07, 6.45) is 0.960. The van der Waals surface area contributed by atoms with Gasteiger partial charge in [0.2, 0.25) is 18.5 Å². The standard InChI is InChI=1S/C21H20ClN3O4/c1-26-16-4-2-3-13(7-16)20-23-21(29-24-20)14-5-6-25(10-14)11-15-8-18-19(9-17(15)22)28-12-27-18/h2-4,7-9,14H,5-6,10-12H2,1H3/t14-/m0/s1. The Morgan fingerprint density at radius 1 is 1.21 bits per heavy atom. The number of hydrogen-bond donors (Lipinski definition) is 0. The maximum Gasteiger partial charge on any atom is 0.231 e. The Labute approximate surface area is 173 Å². The molecule has 0 amide bonds. The lowest BCUT2D eigenvalue weighted by atomic mass is 10.1. The molecule has 3 heterocycles. The molecule has 5 rings (SSSR count). The van der Waals surface area contributed by atoms with Crippen LogP contribution in [0.15, 0.2) is 40.9 Å². The van der Waals surface area contributed by atoms with Crippen LogP contribution in [-0.4, -0.2) is 42.0 Å². The van der Waals surface area contributed by atoms with Crippen LogP contribution in [0.3, 0.4) is 0 Å². The molecular formula is C21H20ClN3O4. The lowest BCUT2D eigenvalue weighted by molar-refractivity contribution is 0.174. The number of likely N-dealkylation sites (tertiary alicyclic amines) is 1. The van der Waals surface area contributed by atoms with Gasteiger partial charge in [0.05, 0.1) is 13.0 Å². The molecule has 150 valence electrons. The van der Waals surface area contributed by atoms with Crippen molar-refractivity contribution >= 4 is 11.6 Å². The lowest BCUT2D eigenvalue weighted by Gasteiger charge is -2.16. The van der Waals surface area contributed by atoms with Gasteiger partial charge in [0.15, 0.2) is 11.5 Å². The van der Waals surface area contributed by atoms with E-state index in [1.807, 2.05) is 36.4 Å². The van der Waals surface area contributed by atoms with Crippen molar-refractivity contribution in [1.29, 1.82) is 0 Å². The fourth-order valence-corrected chi connectivity index (χ4v) is 3.99. The van der Waals surface area contributed by atoms with E-state index in [1.54, 1.807) is 7.11 Å². The number of benzene rings is 2. The van der Waals surface area contributed by atoms with E-state index < -0.39 is 0 Å². The van der Waals surface area contributed by atoms with Crippen molar-refractivity contribution in [3.63, 3.8) is 0 Å². The van der Waals surface area contributed by atoms with Crippen LogP contribution >= 0.6 is 11.6 Å². The Kier molecular flexibility index (Phi) is 4.77. The van der Waals surface area contributed by atoms with Crippen LogP contribution in [0.1, 0.15) is 23.8 Å². The summed E-state index contributed by atoms with van der Waals surface area (Å²) in [6.45, 7) is 2.76. The Balaban J connectivity index is 1.27. The second kappa shape index (κ2) is 7.57. The van der Waals surface area contributed by atoms with Gasteiger partial charge < -0.3 is 18.7 Å². The van der Waals surface area contributed by atoms with Crippen LogP contribution in [0, 0.1) is 0 Å². The molecule has 0 unspecified atom stereocenters. The number of rotatable bonds is 5. The van der Waals surface area contributed by atoms with E-state index in [-0.39, 0.29) is 12.7 Å². The third-order valence-electron chi connectivity index (χ3n) is 5.33. The summed E-state index contributed by atoms with van der Waals surface area (Å²) in [7, 11) is 1.64. The fraction of sp³-hybridized carbons (Fsp3) is 0.333. The second-order valence-electron chi connectivity index (χ2n) is 7.21. The number of halogens is 1. The van der Waals surface area contributed by atoms with Gasteiger partial charge in [-0.3, -0.25) is 4.90 Å². The first kappa shape index (κ1) is 18.3. The summed E-state index contributed by atoms with van der Waals surface area (Å²) in [5.74, 6) is 3.67. The third kappa shape index (κ3) is 3.63. The molecule has 7 nitrogen and oxygen atoms in total. The maximum absolute atomic E-state index is 6.42. The highest BCUT2D eigenvalue weighted by Crippen LogP contribution is 2.38. The highest BCUT2D eigenvalue weighted by atomic mass is 35.5. The van der Waals surface area contributed by atoms with Crippen molar-refractivity contribution in [3.8, 4) is 28.6 Å². The average molecular weight is 414 g/mol. The summed E-state index contributed by atoms with van der Waals surface area (Å²) in [4.78, 5) is 6.96. The van der Waals surface area contributed by atoms with E-state index in [1.165, 1.54) is 0 Å². The highest BCUT2D eigenvalue weighted by molar-refractivity contribution is 6.31. The van der Waals surface area contributed by atoms with Crippen LogP contribution in [-0.2, 0) is 6.54 Å². The Hall–Kier alpha value is -2.77. The molecule has 1 saturated heterocycles. The van der Waals surface area contributed by atoms with Crippen molar-refractivity contribution < 1.29 is 18.7 Å². The zero-order valence-electron chi connectivity index (χ0n) is 15.9. The van der Waals surface area contributed by atoms with E-state index in [0.717, 1.165) is 48.7 Å². The molecule has 2 aliphatic rings. The van der Waals surface area contributed by atoms with Crippen molar-refractivity contribution in [3.05, 3.63) is 52.9 Å². The minimum Gasteiger partial charge on any atom is -0.497 e. The zero-order chi connectivity index (χ0) is 19.8. The normalized spacial score (nSPS) is 18.3. The number of ether oxygens (including phenoxy) is 3. The van der Waals surface area contributed by atoms with Gasteiger partial charge in [-0.1, -0.05) is 28.9 Å². The molecule has 29 heavy (non-hydrogen) atoms. The van der Waals surface area contributed by atoms with Crippen molar-refractivity contribution in [2.75, 3.05) is 27.0 Å². The SMILES string of the molecule is COc1cccc(-c2noc([C@H]3CCN(Cc4cc5c(cc4Cl)OCO5)C3)n2)c1. The quantitative estimate of drug-likeness (QED) is 0.623. The predicted octanol–water partition coefficient (Wildman–Crippen LogP) is 4.12. The van der Waals surface area contributed by atoms with Gasteiger partial charge in [0.1, 0.15) is 5.75 Å². The summed E-state index contributed by atoms with van der Waals surface area (Å²) in [6, 6.07) is 11.4. The molecule has 0 spiro atoms. The van der Waals surface area contributed by atoms with Gasteiger partial charge in [0, 0.05) is 29.7 Å². The molecular weight excluding hydrogens is 394 g/mol. The van der Waals surface area contributed by atoms with Crippen molar-refractivity contribution in [2.24, 2.45) is 0 Å². The van der Waals surface area contributed by atoms with Gasteiger partial charge in [-0.25, -0.2) is 0 Å². The van der Waals surface area contributed by atoms with Crippen LogP contribution in [0.5, 0.6) is 17.2 Å². The van der Waals surface area contributed by atoms with Gasteiger partial charge in [-0.2, -0.15) is 4.98 Å². The number of aromatic nitrogens is 2. The summed E-state index contributed by atoms with van der Waals surface area (Å²) in [5, 5.41) is 4.85. The predicted molar refractivity (Wildman–Crippen MR) is 106 cm³/mol. The molecule has 1 atom stereocenters. The Bertz CT molecular complexity index is 1040. The first-order chi connectivity index (χ1) is 14.2. The Morgan fingerprint density at radius 2 is 2.07 bits per heavy atom. The van der Waals surface area contributed by atoms with Gasteiger partial charge in [-0.05, 0) is 36.7 Å². The molecule has 8 heteroatoms. The van der Waals surface area contributed by atoms with E-state index in [9.17, 15) is 0 Å². The van der Waals surface area contributed by atoms with Crippen LogP contribution < -0.4 is 14.2 Å². The molecule has 0 saturated carbocycles. The van der Waals surface area contributed by atoms with Crippen molar-refractivity contribution in [2.45, 2.75) is 18.9 Å². The number of hydrogen-bond acceptors (Lipinski definition) is 7. The summed E-state index contributed by atoms with van der Waals surface area (Å²) < 4.78 is 21.7. The molecule has 0 N–H and O–H groups in total. The highest BCUT2D eigenvalue weighted by Gasteiger charge is 2.29. The molecule has 1 aromatic heterocycles. The topological polar surface area (TPSA) is 69.9 Å². The summed E-state index contributed by atoms with van der Waals surface area (Å²) >= 11 is 6.42. The van der Waals surface area contributed by atoms with Crippen LogP contribution in [0.25, 0.3) is 11.4 Å². The van der Waals surface area contributed by atoms with Crippen LogP contribution in [0.2, 0.25) is 5.02 Å².